The number of aromatic nitrogens is 5. The largest absolute Gasteiger partial charge is 0.399 e. The number of hydrogen-bond donors (Lipinski definition) is 3. The molecule has 0 bridgehead atoms. The third-order valence-corrected chi connectivity index (χ3v) is 8.66. The third-order valence-electron chi connectivity index (χ3n) is 8.38. The van der Waals surface area contributed by atoms with Crippen LogP contribution in [0.1, 0.15) is 49.8 Å². The Labute approximate surface area is 265 Å². The van der Waals surface area contributed by atoms with Crippen LogP contribution >= 0.6 is 11.6 Å². The van der Waals surface area contributed by atoms with Gasteiger partial charge in [-0.05, 0) is 49.4 Å². The van der Waals surface area contributed by atoms with E-state index in [9.17, 15) is 14.4 Å². The SMILES string of the molecule is CC1CCCN(c2ncc(Cl)c(Nc3cnc4c(c3)CC(=O)N4C)n2)C1.Cn1nc(C2CCC(=O)NC2=O)c2ccc(N)cc21. The number of carbonyl (C=O) groups is 3. The molecule has 2 unspecified atom stereocenters. The fourth-order valence-electron chi connectivity index (χ4n) is 6.02. The molecule has 0 saturated carbocycles. The fourth-order valence-corrected chi connectivity index (χ4v) is 6.16. The Hall–Kier alpha value is -4.78. The van der Waals surface area contributed by atoms with Crippen molar-refractivity contribution in [2.45, 2.75) is 44.9 Å². The molecule has 2 atom stereocenters. The number of piperidine rings is 2. The van der Waals surface area contributed by atoms with Crippen LogP contribution in [0, 0.1) is 5.92 Å². The van der Waals surface area contributed by atoms with Crippen LogP contribution in [0.3, 0.4) is 0 Å². The van der Waals surface area contributed by atoms with E-state index in [1.165, 1.54) is 6.42 Å². The van der Waals surface area contributed by atoms with Gasteiger partial charge >= 0.3 is 0 Å². The van der Waals surface area contributed by atoms with Crippen molar-refractivity contribution in [3.05, 3.63) is 52.9 Å². The van der Waals surface area contributed by atoms with Gasteiger partial charge in [0.2, 0.25) is 23.7 Å². The molecule has 234 valence electrons. The summed E-state index contributed by atoms with van der Waals surface area (Å²) in [5.74, 6) is 1.77. The average molecular weight is 631 g/mol. The van der Waals surface area contributed by atoms with Crippen LogP contribution < -0.4 is 26.2 Å². The molecule has 3 aliphatic rings. The van der Waals surface area contributed by atoms with Gasteiger partial charge in [-0.15, -0.1) is 0 Å². The summed E-state index contributed by atoms with van der Waals surface area (Å²) in [4.78, 5) is 52.1. The highest BCUT2D eigenvalue weighted by Gasteiger charge is 2.31. The highest BCUT2D eigenvalue weighted by atomic mass is 35.5. The first-order valence-corrected chi connectivity index (χ1v) is 15.3. The summed E-state index contributed by atoms with van der Waals surface area (Å²) in [7, 11) is 3.55. The van der Waals surface area contributed by atoms with Crippen LogP contribution in [-0.2, 0) is 27.9 Å². The number of nitrogens with two attached hydrogens (primary N) is 1. The minimum absolute atomic E-state index is 0.0474. The lowest BCUT2D eigenvalue weighted by molar-refractivity contribution is -0.134. The number of imide groups is 1. The van der Waals surface area contributed by atoms with Crippen LogP contribution in [0.15, 0.2) is 36.7 Å². The topological polar surface area (TPSA) is 164 Å². The van der Waals surface area contributed by atoms with E-state index in [1.807, 2.05) is 25.2 Å². The predicted octanol–water partition coefficient (Wildman–Crippen LogP) is 3.70. The Morgan fingerprint density at radius 2 is 1.91 bits per heavy atom. The van der Waals surface area contributed by atoms with Crippen molar-refractivity contribution in [1.29, 1.82) is 0 Å². The van der Waals surface area contributed by atoms with Crippen molar-refractivity contribution in [3.8, 4) is 0 Å². The van der Waals surface area contributed by atoms with E-state index in [4.69, 9.17) is 17.3 Å². The molecule has 2 saturated heterocycles. The second-order valence-electron chi connectivity index (χ2n) is 11.8. The normalized spacial score (nSPS) is 19.7. The van der Waals surface area contributed by atoms with E-state index in [1.54, 1.807) is 35.1 Å². The number of aryl methyl sites for hydroxylation is 1. The van der Waals surface area contributed by atoms with Crippen molar-refractivity contribution in [2.24, 2.45) is 13.0 Å². The number of rotatable bonds is 4. The van der Waals surface area contributed by atoms with Crippen LogP contribution in [0.25, 0.3) is 10.9 Å². The molecule has 1 aromatic carbocycles. The molecule has 45 heavy (non-hydrogen) atoms. The van der Waals surface area contributed by atoms with Crippen LogP contribution in [0.2, 0.25) is 5.02 Å². The minimum atomic E-state index is -0.370. The maximum atomic E-state index is 11.9. The Morgan fingerprint density at radius 1 is 1.09 bits per heavy atom. The van der Waals surface area contributed by atoms with Gasteiger partial charge in [-0.3, -0.25) is 29.3 Å². The number of nitrogens with one attached hydrogen (secondary N) is 2. The van der Waals surface area contributed by atoms with Crippen molar-refractivity contribution in [3.63, 3.8) is 0 Å². The number of amides is 3. The van der Waals surface area contributed by atoms with Crippen molar-refractivity contribution in [2.75, 3.05) is 41.0 Å². The summed E-state index contributed by atoms with van der Waals surface area (Å²) in [5.41, 5.74) is 9.67. The smallest absolute Gasteiger partial charge is 0.235 e. The highest BCUT2D eigenvalue weighted by Crippen LogP contribution is 2.32. The number of benzene rings is 1. The summed E-state index contributed by atoms with van der Waals surface area (Å²) in [6, 6.07) is 7.42. The van der Waals surface area contributed by atoms with E-state index in [0.717, 1.165) is 41.7 Å². The number of nitrogen functional groups attached to an aromatic ring is 1. The van der Waals surface area contributed by atoms with Gasteiger partial charge in [-0.1, -0.05) is 18.5 Å². The van der Waals surface area contributed by atoms with Gasteiger partial charge < -0.3 is 16.0 Å². The van der Waals surface area contributed by atoms with Gasteiger partial charge in [0.25, 0.3) is 0 Å². The lowest BCUT2D eigenvalue weighted by Gasteiger charge is -2.31. The van der Waals surface area contributed by atoms with Crippen LogP contribution in [0.4, 0.5) is 29.0 Å². The molecule has 4 N–H and O–H groups in total. The Morgan fingerprint density at radius 3 is 2.69 bits per heavy atom. The molecule has 6 heterocycles. The average Bonchev–Trinajstić information content (AvgIpc) is 3.48. The summed E-state index contributed by atoms with van der Waals surface area (Å²) in [5, 5.41) is 11.4. The summed E-state index contributed by atoms with van der Waals surface area (Å²) in [6.45, 7) is 4.16. The first-order valence-electron chi connectivity index (χ1n) is 14.9. The van der Waals surface area contributed by atoms with E-state index in [0.29, 0.717) is 59.2 Å². The standard InChI is InChI=1S/C18H21ClN6O.C13H14N4O2/c1-11-4-3-5-25(10-11)18-21-9-14(19)16(23-18)22-13-6-12-7-15(26)24(2)17(12)20-8-13;1-17-10-6-7(14)2-3-8(10)12(16-17)9-4-5-11(18)15-13(9)19/h6,8-9,11H,3-5,7,10H2,1-2H3,(H,21,22,23);2-3,6,9H,4-5,14H2,1H3,(H,15,18,19). The van der Waals surface area contributed by atoms with Gasteiger partial charge in [0.15, 0.2) is 5.82 Å². The second-order valence-corrected chi connectivity index (χ2v) is 12.2. The van der Waals surface area contributed by atoms with Crippen LogP contribution in [0.5, 0.6) is 0 Å². The number of fused-ring (bicyclic) bond motifs is 2. The molecule has 13 nitrogen and oxygen atoms in total. The molecule has 7 rings (SSSR count). The first kappa shape index (κ1) is 30.3. The van der Waals surface area contributed by atoms with Gasteiger partial charge in [0, 0.05) is 50.2 Å². The molecule has 3 aromatic heterocycles. The van der Waals surface area contributed by atoms with E-state index in [2.05, 4.69) is 42.5 Å². The summed E-state index contributed by atoms with van der Waals surface area (Å²) < 4.78 is 1.71. The van der Waals surface area contributed by atoms with Crippen molar-refractivity contribution < 1.29 is 14.4 Å². The number of pyridine rings is 1. The molecule has 0 radical (unpaired) electrons. The zero-order valence-corrected chi connectivity index (χ0v) is 26.1. The van der Waals surface area contributed by atoms with E-state index < -0.39 is 0 Å². The zero-order chi connectivity index (χ0) is 31.8. The lowest BCUT2D eigenvalue weighted by atomic mass is 9.93. The first-order chi connectivity index (χ1) is 21.6. The third kappa shape index (κ3) is 6.25. The Balaban J connectivity index is 0.000000167. The monoisotopic (exact) mass is 630 g/mol. The number of hydrogen-bond acceptors (Lipinski definition) is 10. The number of carbonyl (C=O) groups excluding carboxylic acids is 3. The fraction of sp³-hybridized carbons (Fsp3) is 0.387. The van der Waals surface area contributed by atoms with Gasteiger partial charge in [-0.2, -0.15) is 10.1 Å². The molecule has 0 aliphatic carbocycles. The number of anilines is 5. The maximum absolute atomic E-state index is 11.9. The molecule has 4 aromatic rings. The highest BCUT2D eigenvalue weighted by molar-refractivity contribution is 6.32. The summed E-state index contributed by atoms with van der Waals surface area (Å²) >= 11 is 6.29. The number of likely N-dealkylation sites (N-methyl/N-ethyl adjacent to an activating group) is 1. The Bertz CT molecular complexity index is 1810. The quantitative estimate of drug-likeness (QED) is 0.224. The number of nitrogens with zero attached hydrogens (tertiary/aromatic N) is 7. The molecule has 3 amide bonds. The zero-order valence-electron chi connectivity index (χ0n) is 25.4. The molecule has 0 spiro atoms. The molecular formula is C31H35ClN10O3. The van der Waals surface area contributed by atoms with E-state index >= 15 is 0 Å². The molecule has 3 aliphatic heterocycles. The van der Waals surface area contributed by atoms with Gasteiger partial charge in [0.05, 0.1) is 41.6 Å². The molecule has 2 fully saturated rings. The predicted molar refractivity (Wildman–Crippen MR) is 173 cm³/mol. The molecule has 14 heteroatoms. The lowest BCUT2D eigenvalue weighted by Crippen LogP contribution is -2.39. The van der Waals surface area contributed by atoms with Crippen molar-refractivity contribution in [1.82, 2.24) is 30.0 Å². The maximum Gasteiger partial charge on any atom is 0.235 e. The van der Waals surface area contributed by atoms with Crippen molar-refractivity contribution >= 4 is 69.2 Å². The summed E-state index contributed by atoms with van der Waals surface area (Å²) in [6.07, 6.45) is 6.92. The number of halogens is 1. The second kappa shape index (κ2) is 12.3. The van der Waals surface area contributed by atoms with Gasteiger partial charge in [0.1, 0.15) is 10.8 Å². The van der Waals surface area contributed by atoms with Crippen LogP contribution in [-0.4, -0.2) is 62.6 Å². The molecular weight excluding hydrogens is 596 g/mol. The minimum Gasteiger partial charge on any atom is -0.399 e. The Kier molecular flexibility index (Phi) is 8.28. The van der Waals surface area contributed by atoms with E-state index in [-0.39, 0.29) is 23.6 Å². The van der Waals surface area contributed by atoms with Gasteiger partial charge in [-0.25, -0.2) is 9.97 Å².